The average Bonchev–Trinajstić information content (AvgIpc) is 3.26. The Morgan fingerprint density at radius 3 is 2.69 bits per heavy atom. The standard InChI is InChI=1S/C18H23N5O2S/c1-12-6-8-13(9-7-12)19-16(24)17-21-20-15(26-17)11-23-10-4-5-14(23)18(25)22(2)3/h6-9,14H,4-5,10-11H2,1-3H3,(H,19,24)/t14-/m1/s1. The molecular weight excluding hydrogens is 350 g/mol. The van der Waals surface area contributed by atoms with Crippen LogP contribution in [0.1, 0.15) is 33.2 Å². The third-order valence-electron chi connectivity index (χ3n) is 4.40. The summed E-state index contributed by atoms with van der Waals surface area (Å²) in [4.78, 5) is 28.4. The van der Waals surface area contributed by atoms with Crippen LogP contribution in [-0.2, 0) is 11.3 Å². The van der Waals surface area contributed by atoms with Gasteiger partial charge < -0.3 is 10.2 Å². The maximum Gasteiger partial charge on any atom is 0.286 e. The highest BCUT2D eigenvalue weighted by atomic mass is 32.1. The van der Waals surface area contributed by atoms with E-state index in [0.717, 1.165) is 35.6 Å². The van der Waals surface area contributed by atoms with Crippen molar-refractivity contribution in [2.24, 2.45) is 0 Å². The van der Waals surface area contributed by atoms with Gasteiger partial charge in [-0.25, -0.2) is 0 Å². The third-order valence-corrected chi connectivity index (χ3v) is 5.31. The van der Waals surface area contributed by atoms with Gasteiger partial charge in [0.2, 0.25) is 10.9 Å². The maximum atomic E-state index is 12.3. The second kappa shape index (κ2) is 7.92. The van der Waals surface area contributed by atoms with Crippen molar-refractivity contribution >= 4 is 28.8 Å². The number of likely N-dealkylation sites (tertiary alicyclic amines) is 1. The first-order valence-corrected chi connectivity index (χ1v) is 9.41. The lowest BCUT2D eigenvalue weighted by Crippen LogP contribution is -2.42. The Bertz CT molecular complexity index is 787. The van der Waals surface area contributed by atoms with Crippen molar-refractivity contribution in [3.63, 3.8) is 0 Å². The van der Waals surface area contributed by atoms with Crippen LogP contribution in [0.3, 0.4) is 0 Å². The molecule has 0 spiro atoms. The summed E-state index contributed by atoms with van der Waals surface area (Å²) in [6, 6.07) is 7.49. The van der Waals surface area contributed by atoms with E-state index in [4.69, 9.17) is 0 Å². The minimum atomic E-state index is -0.264. The molecule has 2 heterocycles. The monoisotopic (exact) mass is 373 g/mol. The van der Waals surface area contributed by atoms with Crippen LogP contribution in [0.2, 0.25) is 0 Å². The molecule has 0 bridgehead atoms. The van der Waals surface area contributed by atoms with Crippen LogP contribution >= 0.6 is 11.3 Å². The first-order chi connectivity index (χ1) is 12.4. The number of hydrogen-bond donors (Lipinski definition) is 1. The Labute approximate surface area is 157 Å². The zero-order chi connectivity index (χ0) is 18.7. The number of aryl methyl sites for hydroxylation is 1. The summed E-state index contributed by atoms with van der Waals surface area (Å²) >= 11 is 1.27. The fourth-order valence-electron chi connectivity index (χ4n) is 3.00. The number of benzene rings is 1. The van der Waals surface area contributed by atoms with Crippen LogP contribution in [0.15, 0.2) is 24.3 Å². The predicted molar refractivity (Wildman–Crippen MR) is 101 cm³/mol. The molecule has 1 aliphatic heterocycles. The van der Waals surface area contributed by atoms with Crippen molar-refractivity contribution in [3.05, 3.63) is 39.8 Å². The highest BCUT2D eigenvalue weighted by molar-refractivity contribution is 7.13. The van der Waals surface area contributed by atoms with Crippen LogP contribution in [0.5, 0.6) is 0 Å². The second-order valence-electron chi connectivity index (χ2n) is 6.68. The quantitative estimate of drug-likeness (QED) is 0.869. The van der Waals surface area contributed by atoms with E-state index in [-0.39, 0.29) is 17.9 Å². The summed E-state index contributed by atoms with van der Waals surface area (Å²) < 4.78 is 0. The summed E-state index contributed by atoms with van der Waals surface area (Å²) in [6.45, 7) is 3.39. The van der Waals surface area contributed by atoms with Gasteiger partial charge in [0.15, 0.2) is 0 Å². The van der Waals surface area contributed by atoms with Gasteiger partial charge in [-0.05, 0) is 38.4 Å². The summed E-state index contributed by atoms with van der Waals surface area (Å²) in [6.07, 6.45) is 1.85. The minimum Gasteiger partial charge on any atom is -0.347 e. The number of carbonyl (C=O) groups is 2. The van der Waals surface area contributed by atoms with Crippen LogP contribution in [0.4, 0.5) is 5.69 Å². The van der Waals surface area contributed by atoms with Gasteiger partial charge in [0.05, 0.1) is 12.6 Å². The summed E-state index contributed by atoms with van der Waals surface area (Å²) in [5.74, 6) is -0.149. The summed E-state index contributed by atoms with van der Waals surface area (Å²) in [7, 11) is 3.55. The molecular formula is C18H23N5O2S. The minimum absolute atomic E-state index is 0.112. The van der Waals surface area contributed by atoms with Crippen LogP contribution < -0.4 is 5.32 Å². The van der Waals surface area contributed by atoms with E-state index in [9.17, 15) is 9.59 Å². The van der Waals surface area contributed by atoms with Gasteiger partial charge in [0, 0.05) is 19.8 Å². The van der Waals surface area contributed by atoms with Gasteiger partial charge in [-0.3, -0.25) is 14.5 Å². The lowest BCUT2D eigenvalue weighted by atomic mass is 10.2. The Hall–Kier alpha value is -2.32. The van der Waals surface area contributed by atoms with Gasteiger partial charge in [-0.1, -0.05) is 29.0 Å². The lowest BCUT2D eigenvalue weighted by Gasteiger charge is -2.24. The molecule has 1 atom stereocenters. The van der Waals surface area contributed by atoms with Gasteiger partial charge in [-0.2, -0.15) is 0 Å². The van der Waals surface area contributed by atoms with Crippen molar-refractivity contribution in [2.75, 3.05) is 26.0 Å². The molecule has 0 radical (unpaired) electrons. The van der Waals surface area contributed by atoms with E-state index in [0.29, 0.717) is 11.6 Å². The number of nitrogens with zero attached hydrogens (tertiary/aromatic N) is 4. The third kappa shape index (κ3) is 4.25. The molecule has 1 N–H and O–H groups in total. The molecule has 0 saturated carbocycles. The molecule has 138 valence electrons. The van der Waals surface area contributed by atoms with Crippen molar-refractivity contribution in [2.45, 2.75) is 32.4 Å². The normalized spacial score (nSPS) is 17.3. The van der Waals surface area contributed by atoms with Crippen molar-refractivity contribution < 1.29 is 9.59 Å². The van der Waals surface area contributed by atoms with Crippen LogP contribution in [0.25, 0.3) is 0 Å². The number of anilines is 1. The molecule has 1 aliphatic rings. The largest absolute Gasteiger partial charge is 0.347 e. The number of rotatable bonds is 5. The molecule has 1 saturated heterocycles. The van der Waals surface area contributed by atoms with E-state index in [1.807, 2.05) is 31.2 Å². The number of nitrogens with one attached hydrogen (secondary N) is 1. The molecule has 0 unspecified atom stereocenters. The van der Waals surface area contributed by atoms with E-state index >= 15 is 0 Å². The molecule has 2 aromatic rings. The second-order valence-corrected chi connectivity index (χ2v) is 7.74. The predicted octanol–water partition coefficient (Wildman–Crippen LogP) is 2.15. The highest BCUT2D eigenvalue weighted by Gasteiger charge is 2.32. The topological polar surface area (TPSA) is 78.4 Å². The molecule has 7 nitrogen and oxygen atoms in total. The number of amides is 2. The van der Waals surface area contributed by atoms with Crippen LogP contribution in [-0.4, -0.2) is 58.5 Å². The Morgan fingerprint density at radius 2 is 2.00 bits per heavy atom. The Kier molecular flexibility index (Phi) is 5.63. The molecule has 1 aromatic heterocycles. The SMILES string of the molecule is Cc1ccc(NC(=O)c2nnc(CN3CCC[C@@H]3C(=O)N(C)C)s2)cc1. The van der Waals surface area contributed by atoms with E-state index < -0.39 is 0 Å². The first kappa shape index (κ1) is 18.5. The zero-order valence-corrected chi connectivity index (χ0v) is 16.0. The molecule has 1 fully saturated rings. The molecule has 1 aromatic carbocycles. The van der Waals surface area contributed by atoms with E-state index in [1.165, 1.54) is 11.3 Å². The fraction of sp³-hybridized carbons (Fsp3) is 0.444. The molecule has 8 heteroatoms. The number of carbonyl (C=O) groups excluding carboxylic acids is 2. The summed E-state index contributed by atoms with van der Waals surface area (Å²) in [5, 5.41) is 12.1. The van der Waals surface area contributed by atoms with E-state index in [2.05, 4.69) is 20.4 Å². The van der Waals surface area contributed by atoms with Gasteiger partial charge in [0.25, 0.3) is 5.91 Å². The average molecular weight is 373 g/mol. The Balaban J connectivity index is 1.63. The maximum absolute atomic E-state index is 12.3. The zero-order valence-electron chi connectivity index (χ0n) is 15.2. The number of aromatic nitrogens is 2. The molecule has 3 rings (SSSR count). The fourth-order valence-corrected chi connectivity index (χ4v) is 3.76. The first-order valence-electron chi connectivity index (χ1n) is 8.59. The Morgan fingerprint density at radius 1 is 1.27 bits per heavy atom. The lowest BCUT2D eigenvalue weighted by molar-refractivity contribution is -0.133. The number of likely N-dealkylation sites (N-methyl/N-ethyl adjacent to an activating group) is 1. The molecule has 26 heavy (non-hydrogen) atoms. The van der Waals surface area contributed by atoms with Crippen molar-refractivity contribution in [1.82, 2.24) is 20.0 Å². The van der Waals surface area contributed by atoms with Gasteiger partial charge in [0.1, 0.15) is 5.01 Å². The van der Waals surface area contributed by atoms with Crippen molar-refractivity contribution in [1.29, 1.82) is 0 Å². The van der Waals surface area contributed by atoms with Crippen molar-refractivity contribution in [3.8, 4) is 0 Å². The van der Waals surface area contributed by atoms with Gasteiger partial charge in [-0.15, -0.1) is 10.2 Å². The van der Waals surface area contributed by atoms with E-state index in [1.54, 1.807) is 19.0 Å². The summed E-state index contributed by atoms with van der Waals surface area (Å²) in [5.41, 5.74) is 1.86. The highest BCUT2D eigenvalue weighted by Crippen LogP contribution is 2.23. The number of hydrogen-bond acceptors (Lipinski definition) is 6. The van der Waals surface area contributed by atoms with Crippen LogP contribution in [0, 0.1) is 6.92 Å². The smallest absolute Gasteiger partial charge is 0.286 e. The molecule has 2 amide bonds. The van der Waals surface area contributed by atoms with Gasteiger partial charge >= 0.3 is 0 Å². The molecule has 0 aliphatic carbocycles.